The van der Waals surface area contributed by atoms with Gasteiger partial charge >= 0.3 is 0 Å². The SMILES string of the molecule is CC(=O)C(Cc1ccccc1)NC(=O)Cn1nnc(-c2ccc(F)cc2)n1. The second-order valence-corrected chi connectivity index (χ2v) is 6.07. The van der Waals surface area contributed by atoms with Crippen LogP contribution in [0.15, 0.2) is 54.6 Å². The van der Waals surface area contributed by atoms with Crippen LogP contribution in [0.2, 0.25) is 0 Å². The second kappa shape index (κ2) is 8.31. The topological polar surface area (TPSA) is 89.8 Å². The van der Waals surface area contributed by atoms with Crippen molar-refractivity contribution in [1.29, 1.82) is 0 Å². The molecular weight excluding hydrogens is 349 g/mol. The highest BCUT2D eigenvalue weighted by Crippen LogP contribution is 2.13. The van der Waals surface area contributed by atoms with E-state index >= 15 is 0 Å². The van der Waals surface area contributed by atoms with Crippen LogP contribution in [0.5, 0.6) is 0 Å². The highest BCUT2D eigenvalue weighted by molar-refractivity contribution is 5.87. The molecule has 0 bridgehead atoms. The van der Waals surface area contributed by atoms with Gasteiger partial charge < -0.3 is 5.32 Å². The number of carbonyl (C=O) groups is 2. The molecule has 1 unspecified atom stereocenters. The predicted molar refractivity (Wildman–Crippen MR) is 96.0 cm³/mol. The van der Waals surface area contributed by atoms with Crippen LogP contribution in [0.4, 0.5) is 4.39 Å². The average Bonchev–Trinajstić information content (AvgIpc) is 3.11. The van der Waals surface area contributed by atoms with Gasteiger partial charge in [0, 0.05) is 5.56 Å². The van der Waals surface area contributed by atoms with Crippen molar-refractivity contribution in [3.05, 3.63) is 66.0 Å². The molecule has 0 aliphatic rings. The van der Waals surface area contributed by atoms with Gasteiger partial charge in [0.1, 0.15) is 12.4 Å². The number of hydrogen-bond donors (Lipinski definition) is 1. The lowest BCUT2D eigenvalue weighted by molar-refractivity contribution is -0.127. The summed E-state index contributed by atoms with van der Waals surface area (Å²) in [4.78, 5) is 25.3. The summed E-state index contributed by atoms with van der Waals surface area (Å²) in [5.41, 5.74) is 1.55. The van der Waals surface area contributed by atoms with Crippen LogP contribution >= 0.6 is 0 Å². The number of carbonyl (C=O) groups excluding carboxylic acids is 2. The number of nitrogens with one attached hydrogen (secondary N) is 1. The molecule has 27 heavy (non-hydrogen) atoms. The van der Waals surface area contributed by atoms with E-state index in [1.807, 2.05) is 30.3 Å². The van der Waals surface area contributed by atoms with Gasteiger partial charge in [-0.05, 0) is 48.4 Å². The molecule has 0 aliphatic heterocycles. The summed E-state index contributed by atoms with van der Waals surface area (Å²) < 4.78 is 13.0. The number of halogens is 1. The van der Waals surface area contributed by atoms with Gasteiger partial charge in [-0.15, -0.1) is 10.2 Å². The molecule has 3 aromatic rings. The highest BCUT2D eigenvalue weighted by atomic mass is 19.1. The van der Waals surface area contributed by atoms with E-state index in [4.69, 9.17) is 0 Å². The van der Waals surface area contributed by atoms with Crippen LogP contribution in [0.3, 0.4) is 0 Å². The van der Waals surface area contributed by atoms with E-state index in [0.717, 1.165) is 10.4 Å². The maximum absolute atomic E-state index is 13.0. The molecule has 1 heterocycles. The minimum atomic E-state index is -0.625. The Morgan fingerprint density at radius 2 is 1.81 bits per heavy atom. The van der Waals surface area contributed by atoms with Crippen molar-refractivity contribution in [3.63, 3.8) is 0 Å². The summed E-state index contributed by atoms with van der Waals surface area (Å²) in [6.45, 7) is 1.26. The maximum atomic E-state index is 13.0. The zero-order chi connectivity index (χ0) is 19.2. The largest absolute Gasteiger partial charge is 0.344 e. The van der Waals surface area contributed by atoms with Crippen LogP contribution in [-0.2, 0) is 22.6 Å². The summed E-state index contributed by atoms with van der Waals surface area (Å²) in [5.74, 6) is -0.602. The molecule has 0 fully saturated rings. The summed E-state index contributed by atoms with van der Waals surface area (Å²) in [5, 5.41) is 14.5. The molecule has 0 saturated carbocycles. The van der Waals surface area contributed by atoms with Crippen molar-refractivity contribution in [1.82, 2.24) is 25.5 Å². The minimum Gasteiger partial charge on any atom is -0.344 e. The van der Waals surface area contributed by atoms with Gasteiger partial charge in [0.15, 0.2) is 5.78 Å². The fourth-order valence-electron chi connectivity index (χ4n) is 2.54. The van der Waals surface area contributed by atoms with E-state index in [0.29, 0.717) is 12.0 Å². The van der Waals surface area contributed by atoms with Gasteiger partial charge in [-0.3, -0.25) is 9.59 Å². The summed E-state index contributed by atoms with van der Waals surface area (Å²) in [7, 11) is 0. The number of nitrogens with zero attached hydrogens (tertiary/aromatic N) is 4. The van der Waals surface area contributed by atoms with Crippen molar-refractivity contribution in [2.24, 2.45) is 0 Å². The molecule has 0 radical (unpaired) electrons. The predicted octanol–water partition coefficient (Wildman–Crippen LogP) is 1.80. The first-order valence-electron chi connectivity index (χ1n) is 8.39. The third-order valence-electron chi connectivity index (χ3n) is 3.95. The molecule has 0 spiro atoms. The third kappa shape index (κ3) is 5.04. The van der Waals surface area contributed by atoms with E-state index in [2.05, 4.69) is 20.7 Å². The van der Waals surface area contributed by atoms with Crippen LogP contribution in [-0.4, -0.2) is 37.9 Å². The lowest BCUT2D eigenvalue weighted by Crippen LogP contribution is -2.43. The van der Waals surface area contributed by atoms with Crippen molar-refractivity contribution < 1.29 is 14.0 Å². The normalized spacial score (nSPS) is 11.8. The first kappa shape index (κ1) is 18.4. The van der Waals surface area contributed by atoms with Crippen molar-refractivity contribution >= 4 is 11.7 Å². The molecule has 1 aromatic heterocycles. The van der Waals surface area contributed by atoms with E-state index < -0.39 is 11.9 Å². The Labute approximate surface area is 155 Å². The van der Waals surface area contributed by atoms with Gasteiger partial charge in [-0.1, -0.05) is 30.3 Å². The first-order chi connectivity index (χ1) is 13.0. The molecule has 0 aliphatic carbocycles. The lowest BCUT2D eigenvalue weighted by atomic mass is 10.0. The molecule has 0 saturated heterocycles. The van der Waals surface area contributed by atoms with Gasteiger partial charge in [-0.2, -0.15) is 4.80 Å². The minimum absolute atomic E-state index is 0.134. The zero-order valence-corrected chi connectivity index (χ0v) is 14.7. The van der Waals surface area contributed by atoms with Crippen LogP contribution in [0.1, 0.15) is 12.5 Å². The quantitative estimate of drug-likeness (QED) is 0.688. The number of hydrogen-bond acceptors (Lipinski definition) is 5. The molecule has 8 heteroatoms. The monoisotopic (exact) mass is 367 g/mol. The van der Waals surface area contributed by atoms with E-state index in [1.165, 1.54) is 31.2 Å². The summed E-state index contributed by atoms with van der Waals surface area (Å²) in [6.07, 6.45) is 0.410. The first-order valence-corrected chi connectivity index (χ1v) is 8.39. The average molecular weight is 367 g/mol. The smallest absolute Gasteiger partial charge is 0.244 e. The Bertz CT molecular complexity index is 925. The number of benzene rings is 2. The molecule has 3 rings (SSSR count). The Balaban J connectivity index is 1.62. The van der Waals surface area contributed by atoms with Crippen LogP contribution < -0.4 is 5.32 Å². The van der Waals surface area contributed by atoms with Gasteiger partial charge in [0.25, 0.3) is 0 Å². The Morgan fingerprint density at radius 3 is 2.48 bits per heavy atom. The second-order valence-electron chi connectivity index (χ2n) is 6.07. The maximum Gasteiger partial charge on any atom is 0.244 e. The van der Waals surface area contributed by atoms with Crippen molar-refractivity contribution in [2.45, 2.75) is 25.9 Å². The number of Topliss-reactive ketones (excluding diaryl/α,β-unsaturated/α-hetero) is 1. The van der Waals surface area contributed by atoms with Crippen molar-refractivity contribution in [2.75, 3.05) is 0 Å². The molecule has 2 aromatic carbocycles. The molecule has 1 N–H and O–H groups in total. The molecule has 138 valence electrons. The number of ketones is 1. The van der Waals surface area contributed by atoms with Gasteiger partial charge in [0.05, 0.1) is 6.04 Å². The summed E-state index contributed by atoms with van der Waals surface area (Å²) >= 11 is 0. The highest BCUT2D eigenvalue weighted by Gasteiger charge is 2.18. The standard InChI is InChI=1S/C19H18FN5O2/c1-13(26)17(11-14-5-3-2-4-6-14)21-18(27)12-25-23-19(22-24-25)15-7-9-16(20)10-8-15/h2-10,17H,11-12H2,1H3,(H,21,27). The number of tetrazole rings is 1. The number of amides is 1. The molecular formula is C19H18FN5O2. The van der Waals surface area contributed by atoms with Crippen LogP contribution in [0.25, 0.3) is 11.4 Å². The number of rotatable bonds is 7. The Kier molecular flexibility index (Phi) is 5.65. The third-order valence-corrected chi connectivity index (χ3v) is 3.95. The van der Waals surface area contributed by atoms with E-state index in [9.17, 15) is 14.0 Å². The fraction of sp³-hybridized carbons (Fsp3) is 0.211. The molecule has 1 atom stereocenters. The Morgan fingerprint density at radius 1 is 1.11 bits per heavy atom. The van der Waals surface area contributed by atoms with Gasteiger partial charge in [-0.25, -0.2) is 4.39 Å². The van der Waals surface area contributed by atoms with Crippen molar-refractivity contribution in [3.8, 4) is 11.4 Å². The Hall–Kier alpha value is -3.42. The molecule has 1 amide bonds. The zero-order valence-electron chi connectivity index (χ0n) is 14.7. The number of aromatic nitrogens is 4. The lowest BCUT2D eigenvalue weighted by Gasteiger charge is -2.15. The fourth-order valence-corrected chi connectivity index (χ4v) is 2.54. The van der Waals surface area contributed by atoms with Gasteiger partial charge in [0.2, 0.25) is 11.7 Å². The van der Waals surface area contributed by atoms with Crippen LogP contribution in [0, 0.1) is 5.82 Å². The summed E-state index contributed by atoms with van der Waals surface area (Å²) in [6, 6.07) is 14.5. The molecule has 7 nitrogen and oxygen atoms in total. The van der Waals surface area contributed by atoms with E-state index in [1.54, 1.807) is 0 Å². The van der Waals surface area contributed by atoms with E-state index in [-0.39, 0.29) is 24.0 Å².